The molecular weight excluding hydrogens is 627 g/mol. The first kappa shape index (κ1) is 35.5. The van der Waals surface area contributed by atoms with Gasteiger partial charge in [-0.25, -0.2) is 26.6 Å². The van der Waals surface area contributed by atoms with Gasteiger partial charge in [0.25, 0.3) is 0 Å². The van der Waals surface area contributed by atoms with Crippen LogP contribution in [0.5, 0.6) is 0 Å². The van der Waals surface area contributed by atoms with Gasteiger partial charge >= 0.3 is 0 Å². The van der Waals surface area contributed by atoms with Crippen LogP contribution < -0.4 is 5.32 Å². The van der Waals surface area contributed by atoms with Gasteiger partial charge in [0, 0.05) is 32.1 Å². The molecule has 2 fully saturated rings. The van der Waals surface area contributed by atoms with Crippen LogP contribution in [-0.2, 0) is 14.3 Å². The number of alkyl halides is 2. The number of methoxy groups -OCH3 is 1. The van der Waals surface area contributed by atoms with E-state index in [9.17, 15) is 42.1 Å². The van der Waals surface area contributed by atoms with Crippen molar-refractivity contribution in [3.63, 3.8) is 0 Å². The zero-order valence-corrected chi connectivity index (χ0v) is 26.2. The maximum Gasteiger partial charge on any atom is 0.248 e. The Balaban J connectivity index is 1.65. The number of halogens is 5. The molecule has 10 nitrogen and oxygen atoms in total. The van der Waals surface area contributed by atoms with Crippen LogP contribution in [0, 0.1) is 22.9 Å². The summed E-state index contributed by atoms with van der Waals surface area (Å²) in [5, 5.41) is 42.2. The summed E-state index contributed by atoms with van der Waals surface area (Å²) in [6, 6.07) is 0.311. The molecule has 6 atom stereocenters. The third kappa shape index (κ3) is 8.14. The number of hydrogen-bond donors (Lipinski definition) is 4. The number of amides is 1. The largest absolute Gasteiger partial charge is 0.394 e. The number of carbonyl (C=O) groups is 1. The number of aliphatic hydroxyl groups excluding tert-OH is 2. The van der Waals surface area contributed by atoms with Crippen molar-refractivity contribution in [2.75, 3.05) is 20.3 Å². The second-order valence-electron chi connectivity index (χ2n) is 12.8. The number of aromatic nitrogens is 3. The molecule has 1 saturated carbocycles. The van der Waals surface area contributed by atoms with Gasteiger partial charge in [-0.05, 0) is 36.8 Å². The first-order valence-electron chi connectivity index (χ1n) is 14.6. The number of nitrogens with one attached hydrogen (secondary N) is 1. The number of hydrogen-bond acceptors (Lipinski definition) is 9. The summed E-state index contributed by atoms with van der Waals surface area (Å²) in [4.78, 5) is 13.6. The smallest absolute Gasteiger partial charge is 0.248 e. The van der Waals surface area contributed by atoms with E-state index in [-0.39, 0.29) is 36.1 Å². The highest BCUT2D eigenvalue weighted by molar-refractivity contribution is 8.01. The van der Waals surface area contributed by atoms with Gasteiger partial charge in [-0.3, -0.25) is 4.79 Å². The number of rotatable bonds is 10. The number of benzene rings is 1. The number of carbonyl (C=O) groups excluding carboxylic acids is 1. The Morgan fingerprint density at radius 3 is 2.38 bits per heavy atom. The molecule has 1 amide bonds. The molecule has 16 heteroatoms. The van der Waals surface area contributed by atoms with Crippen LogP contribution in [0.2, 0.25) is 0 Å². The van der Waals surface area contributed by atoms with Gasteiger partial charge in [-0.15, -0.1) is 16.9 Å². The molecule has 1 aliphatic carbocycles. The number of ether oxygens (including phenoxy) is 2. The van der Waals surface area contributed by atoms with Gasteiger partial charge < -0.3 is 30.1 Å². The van der Waals surface area contributed by atoms with Gasteiger partial charge in [-0.2, -0.15) is 0 Å². The highest BCUT2D eigenvalue weighted by atomic mass is 32.2. The third-order valence-electron chi connectivity index (χ3n) is 8.21. The van der Waals surface area contributed by atoms with E-state index in [1.165, 1.54) is 13.3 Å². The van der Waals surface area contributed by atoms with E-state index >= 15 is 0 Å². The van der Waals surface area contributed by atoms with Gasteiger partial charge in [0.2, 0.25) is 11.8 Å². The second kappa shape index (κ2) is 13.8. The fraction of sp³-hybridized carbons (Fsp3) is 0.690. The van der Waals surface area contributed by atoms with E-state index in [0.29, 0.717) is 6.42 Å². The van der Waals surface area contributed by atoms with Gasteiger partial charge in [-0.1, -0.05) is 26.0 Å². The minimum Gasteiger partial charge on any atom is -0.394 e. The molecule has 4 rings (SSSR count). The Morgan fingerprint density at radius 2 is 1.82 bits per heavy atom. The summed E-state index contributed by atoms with van der Waals surface area (Å²) in [6.45, 7) is 5.54. The van der Waals surface area contributed by atoms with E-state index in [1.54, 1.807) is 0 Å². The number of nitrogens with zero attached hydrogens (tertiary/aromatic N) is 3. The number of thioether (sulfide) groups is 1. The minimum atomic E-state index is -2.99. The van der Waals surface area contributed by atoms with Gasteiger partial charge in [0.1, 0.15) is 40.7 Å². The quantitative estimate of drug-likeness (QED) is 0.221. The lowest BCUT2D eigenvalue weighted by Gasteiger charge is -2.46. The Morgan fingerprint density at radius 1 is 1.20 bits per heavy atom. The van der Waals surface area contributed by atoms with Crippen LogP contribution in [0.4, 0.5) is 22.0 Å². The van der Waals surface area contributed by atoms with Crippen molar-refractivity contribution < 1.29 is 51.5 Å². The molecule has 0 bridgehead atoms. The molecule has 2 aliphatic rings. The van der Waals surface area contributed by atoms with Crippen molar-refractivity contribution >= 4 is 17.7 Å². The highest BCUT2D eigenvalue weighted by Gasteiger charge is 2.54. The van der Waals surface area contributed by atoms with Crippen molar-refractivity contribution in [2.45, 2.75) is 99.4 Å². The normalized spacial score (nSPS) is 27.2. The molecule has 1 aromatic heterocycles. The fourth-order valence-corrected chi connectivity index (χ4v) is 7.11. The minimum absolute atomic E-state index is 0.0698. The van der Waals surface area contributed by atoms with Gasteiger partial charge in [0.15, 0.2) is 17.5 Å². The number of aliphatic hydroxyl groups is 3. The molecule has 1 aromatic carbocycles. The molecule has 2 heterocycles. The van der Waals surface area contributed by atoms with Crippen molar-refractivity contribution in [3.05, 3.63) is 35.8 Å². The zero-order valence-electron chi connectivity index (χ0n) is 25.4. The monoisotopic (exact) mass is 666 g/mol. The molecule has 0 radical (unpaired) electrons. The lowest BCUT2D eigenvalue weighted by molar-refractivity contribution is -0.186. The predicted molar refractivity (Wildman–Crippen MR) is 154 cm³/mol. The van der Waals surface area contributed by atoms with Crippen LogP contribution in [0.25, 0.3) is 11.3 Å². The Bertz CT molecular complexity index is 1310. The summed E-state index contributed by atoms with van der Waals surface area (Å²) in [6.07, 6.45) is -3.97. The summed E-state index contributed by atoms with van der Waals surface area (Å²) in [5.41, 5.74) is -3.32. The average Bonchev–Trinajstić information content (AvgIpc) is 3.45. The van der Waals surface area contributed by atoms with Gasteiger partial charge in [0.05, 0.1) is 18.4 Å². The van der Waals surface area contributed by atoms with E-state index in [2.05, 4.69) is 15.6 Å². The standard InChI is InChI=1S/C29H39F5N4O6S/c1-27(2,3)9-10-35-25(41)24(28(42)5-7-29(33,34)8-6-28)45-26-23(43-4)21(22(40)19(14-39)44-26)38-13-18(36-37-38)15-11-16(30)20(32)17(31)12-15/h11-13,19,21-24,26,39-40,42H,5-10,14H2,1-4H3,(H,35,41)/t19-,21+,22+,23-,24-,26+/m1/s1. The Kier molecular flexibility index (Phi) is 10.9. The van der Waals surface area contributed by atoms with Crippen molar-refractivity contribution in [1.29, 1.82) is 0 Å². The molecule has 4 N–H and O–H groups in total. The van der Waals surface area contributed by atoms with Crippen LogP contribution >= 0.6 is 11.8 Å². The second-order valence-corrected chi connectivity index (χ2v) is 14.0. The van der Waals surface area contributed by atoms with E-state index < -0.39 is 89.4 Å². The van der Waals surface area contributed by atoms with Crippen molar-refractivity contribution in [2.24, 2.45) is 5.41 Å². The van der Waals surface area contributed by atoms with Crippen molar-refractivity contribution in [1.82, 2.24) is 20.3 Å². The molecule has 1 aliphatic heterocycles. The summed E-state index contributed by atoms with van der Waals surface area (Å²) < 4.78 is 82.3. The molecule has 1 saturated heterocycles. The Hall–Kier alpha value is -2.37. The van der Waals surface area contributed by atoms with Crippen LogP contribution in [-0.4, -0.2) is 97.0 Å². The van der Waals surface area contributed by atoms with E-state index in [4.69, 9.17) is 9.47 Å². The van der Waals surface area contributed by atoms with Crippen molar-refractivity contribution in [3.8, 4) is 11.3 Å². The first-order chi connectivity index (χ1) is 21.0. The SMILES string of the molecule is CO[C@@H]1[C@@H](n2cc(-c3cc(F)c(F)c(F)c3)nn2)[C@@H](O)[C@@H](CO)O[C@H]1S[C@H](C(=O)NCCC(C)(C)C)C1(O)CCC(F)(F)CC1. The molecule has 0 unspecified atom stereocenters. The highest BCUT2D eigenvalue weighted by Crippen LogP contribution is 2.46. The molecular formula is C29H39F5N4O6S. The summed E-state index contributed by atoms with van der Waals surface area (Å²) in [7, 11) is 1.29. The summed E-state index contributed by atoms with van der Waals surface area (Å²) in [5.74, 6) is -8.12. The van der Waals surface area contributed by atoms with E-state index in [0.717, 1.165) is 28.6 Å². The third-order valence-corrected chi connectivity index (χ3v) is 9.78. The Labute approximate surface area is 261 Å². The molecule has 252 valence electrons. The zero-order chi connectivity index (χ0) is 33.3. The summed E-state index contributed by atoms with van der Waals surface area (Å²) >= 11 is 0.819. The van der Waals surface area contributed by atoms with Crippen LogP contribution in [0.15, 0.2) is 18.3 Å². The van der Waals surface area contributed by atoms with Crippen LogP contribution in [0.1, 0.15) is 58.9 Å². The lowest BCUT2D eigenvalue weighted by Crippen LogP contribution is -2.58. The van der Waals surface area contributed by atoms with Crippen LogP contribution in [0.3, 0.4) is 0 Å². The maximum atomic E-state index is 14.1. The van der Waals surface area contributed by atoms with E-state index in [1.807, 2.05) is 20.8 Å². The molecule has 45 heavy (non-hydrogen) atoms. The molecule has 2 aromatic rings. The fourth-order valence-electron chi connectivity index (χ4n) is 5.51. The topological polar surface area (TPSA) is 139 Å². The first-order valence-corrected chi connectivity index (χ1v) is 15.5. The molecule has 0 spiro atoms. The maximum absolute atomic E-state index is 14.1. The predicted octanol–water partition coefficient (Wildman–Crippen LogP) is 3.59. The average molecular weight is 667 g/mol. The lowest BCUT2D eigenvalue weighted by atomic mass is 9.80.